The van der Waals surface area contributed by atoms with Crippen LogP contribution in [-0.4, -0.2) is 5.91 Å². The van der Waals surface area contributed by atoms with Crippen LogP contribution in [0.2, 0.25) is 10.0 Å². The van der Waals surface area contributed by atoms with Crippen LogP contribution in [0.25, 0.3) is 0 Å². The fraction of sp³-hybridized carbons (Fsp3) is 0.0952. The summed E-state index contributed by atoms with van der Waals surface area (Å²) in [7, 11) is 0. The van der Waals surface area contributed by atoms with Crippen molar-refractivity contribution in [2.45, 2.75) is 12.3 Å². The summed E-state index contributed by atoms with van der Waals surface area (Å²) in [6, 6.07) is 23.2. The summed E-state index contributed by atoms with van der Waals surface area (Å²) in [6.45, 7) is 0. The second kappa shape index (κ2) is 6.55. The van der Waals surface area contributed by atoms with E-state index >= 15 is 0 Å². The number of benzene rings is 3. The molecule has 0 N–H and O–H groups in total. The summed E-state index contributed by atoms with van der Waals surface area (Å²) in [4.78, 5) is 15.0. The number of carbonyl (C=O) groups is 1. The van der Waals surface area contributed by atoms with Crippen molar-refractivity contribution in [1.82, 2.24) is 0 Å². The normalized spacial score (nSPS) is 16.2. The number of para-hydroxylation sites is 1. The Labute approximate surface area is 156 Å². The van der Waals surface area contributed by atoms with Gasteiger partial charge in [0, 0.05) is 10.0 Å². The smallest absolute Gasteiger partial charge is 0.239 e. The lowest BCUT2D eigenvalue weighted by atomic mass is 9.93. The molecule has 0 aromatic heterocycles. The van der Waals surface area contributed by atoms with Gasteiger partial charge in [-0.3, -0.25) is 9.69 Å². The zero-order valence-electron chi connectivity index (χ0n) is 13.3. The number of rotatable bonds is 3. The molecule has 25 heavy (non-hydrogen) atoms. The van der Waals surface area contributed by atoms with E-state index in [4.69, 9.17) is 23.2 Å². The molecule has 3 aromatic rings. The van der Waals surface area contributed by atoms with E-state index in [0.717, 1.165) is 16.8 Å². The average Bonchev–Trinajstić information content (AvgIpc) is 2.87. The first-order valence-corrected chi connectivity index (χ1v) is 8.82. The monoisotopic (exact) mass is 367 g/mol. The number of carbonyl (C=O) groups excluding carboxylic acids is 1. The van der Waals surface area contributed by atoms with Crippen LogP contribution in [0.15, 0.2) is 72.8 Å². The maximum absolute atomic E-state index is 13.2. The lowest BCUT2D eigenvalue weighted by Crippen LogP contribution is -2.24. The summed E-state index contributed by atoms with van der Waals surface area (Å²) in [5, 5.41) is 1.03. The van der Waals surface area contributed by atoms with Gasteiger partial charge >= 0.3 is 0 Å². The van der Waals surface area contributed by atoms with Gasteiger partial charge in [0.1, 0.15) is 0 Å². The Balaban J connectivity index is 1.78. The first-order valence-electron chi connectivity index (χ1n) is 8.06. The van der Waals surface area contributed by atoms with E-state index in [9.17, 15) is 4.79 Å². The third kappa shape index (κ3) is 3.04. The molecule has 0 fully saturated rings. The summed E-state index contributed by atoms with van der Waals surface area (Å²) in [6.07, 6.45) is 0.668. The van der Waals surface area contributed by atoms with Gasteiger partial charge in [0.25, 0.3) is 0 Å². The highest BCUT2D eigenvalue weighted by molar-refractivity contribution is 6.35. The molecule has 0 aliphatic carbocycles. The Morgan fingerprint density at radius 2 is 1.48 bits per heavy atom. The van der Waals surface area contributed by atoms with E-state index in [1.54, 1.807) is 23.1 Å². The van der Waals surface area contributed by atoms with Gasteiger partial charge in [-0.25, -0.2) is 0 Å². The Morgan fingerprint density at radius 1 is 0.840 bits per heavy atom. The van der Waals surface area contributed by atoms with Gasteiger partial charge in [-0.05, 0) is 41.8 Å². The second-order valence-electron chi connectivity index (χ2n) is 6.10. The van der Waals surface area contributed by atoms with Crippen LogP contribution >= 0.6 is 23.2 Å². The van der Waals surface area contributed by atoms with Crippen molar-refractivity contribution in [2.24, 2.45) is 0 Å². The molecule has 124 valence electrons. The fourth-order valence-corrected chi connectivity index (χ4v) is 3.89. The van der Waals surface area contributed by atoms with Gasteiger partial charge in [-0.15, -0.1) is 0 Å². The van der Waals surface area contributed by atoms with Gasteiger partial charge < -0.3 is 0 Å². The van der Waals surface area contributed by atoms with Crippen LogP contribution < -0.4 is 4.90 Å². The van der Waals surface area contributed by atoms with Crippen LogP contribution in [0.3, 0.4) is 0 Å². The third-order valence-electron chi connectivity index (χ3n) is 4.46. The Kier molecular flexibility index (Phi) is 4.24. The Hall–Kier alpha value is -2.29. The molecule has 1 heterocycles. The van der Waals surface area contributed by atoms with Crippen molar-refractivity contribution in [1.29, 1.82) is 0 Å². The molecule has 3 aromatic carbocycles. The zero-order chi connectivity index (χ0) is 17.4. The number of halogens is 2. The molecule has 2 nitrogen and oxygen atoms in total. The molecule has 4 rings (SSSR count). The minimum absolute atomic E-state index is 0.0448. The zero-order valence-corrected chi connectivity index (χ0v) is 14.8. The van der Waals surface area contributed by atoms with E-state index in [0.29, 0.717) is 22.2 Å². The van der Waals surface area contributed by atoms with Crippen molar-refractivity contribution < 1.29 is 4.79 Å². The van der Waals surface area contributed by atoms with Gasteiger partial charge in [-0.1, -0.05) is 71.7 Å². The molecule has 4 heteroatoms. The highest BCUT2D eigenvalue weighted by atomic mass is 35.5. The number of nitrogens with zero attached hydrogens (tertiary/aromatic N) is 1. The molecular weight excluding hydrogens is 353 g/mol. The minimum atomic E-state index is -0.212. The van der Waals surface area contributed by atoms with E-state index in [2.05, 4.69) is 12.1 Å². The van der Waals surface area contributed by atoms with Gasteiger partial charge in [-0.2, -0.15) is 0 Å². The maximum Gasteiger partial charge on any atom is 0.239 e. The third-order valence-corrected chi connectivity index (χ3v) is 4.90. The average molecular weight is 368 g/mol. The first kappa shape index (κ1) is 16.2. The maximum atomic E-state index is 13.2. The molecule has 1 unspecified atom stereocenters. The van der Waals surface area contributed by atoms with Crippen molar-refractivity contribution in [3.05, 3.63) is 94.0 Å². The van der Waals surface area contributed by atoms with Crippen molar-refractivity contribution in [2.75, 3.05) is 4.90 Å². The largest absolute Gasteiger partial charge is 0.280 e. The molecular formula is C21H15Cl2NO. The molecule has 0 bridgehead atoms. The molecule has 0 radical (unpaired) electrons. The second-order valence-corrected chi connectivity index (χ2v) is 6.98. The number of amides is 1. The van der Waals surface area contributed by atoms with E-state index in [-0.39, 0.29) is 11.8 Å². The minimum Gasteiger partial charge on any atom is -0.280 e. The summed E-state index contributed by atoms with van der Waals surface area (Å²) in [5.41, 5.74) is 3.77. The lowest BCUT2D eigenvalue weighted by molar-refractivity contribution is -0.118. The number of hydrogen-bond donors (Lipinski definition) is 0. The van der Waals surface area contributed by atoms with Gasteiger partial charge in [0.15, 0.2) is 0 Å². The molecule has 0 saturated carbocycles. The molecule has 1 aliphatic rings. The van der Waals surface area contributed by atoms with E-state index in [1.807, 2.05) is 42.5 Å². The topological polar surface area (TPSA) is 20.3 Å². The van der Waals surface area contributed by atoms with Crippen LogP contribution in [0, 0.1) is 0 Å². The predicted molar refractivity (Wildman–Crippen MR) is 103 cm³/mol. The lowest BCUT2D eigenvalue weighted by Gasteiger charge is -2.19. The first-order chi connectivity index (χ1) is 12.1. The predicted octanol–water partition coefficient (Wildman–Crippen LogP) is 6.00. The molecule has 1 atom stereocenters. The van der Waals surface area contributed by atoms with Crippen LogP contribution in [0.4, 0.5) is 11.4 Å². The Morgan fingerprint density at radius 3 is 2.20 bits per heavy atom. The number of fused-ring (bicyclic) bond motifs is 1. The van der Waals surface area contributed by atoms with Crippen molar-refractivity contribution in [3.8, 4) is 0 Å². The molecule has 1 amide bonds. The van der Waals surface area contributed by atoms with Crippen LogP contribution in [0.1, 0.15) is 17.0 Å². The van der Waals surface area contributed by atoms with E-state index in [1.165, 1.54) is 0 Å². The standard InChI is InChI=1S/C21H15Cl2NO/c22-15-11-16(23)13-17(12-15)24-20-9-5-4-8-18(20)19(21(24)25)10-14-6-2-1-3-7-14/h1-9,11-13,19H,10H2. The molecule has 0 spiro atoms. The van der Waals surface area contributed by atoms with Gasteiger partial charge in [0.2, 0.25) is 5.91 Å². The number of hydrogen-bond acceptors (Lipinski definition) is 1. The Bertz CT molecular complexity index is 919. The highest BCUT2D eigenvalue weighted by Crippen LogP contribution is 2.44. The van der Waals surface area contributed by atoms with E-state index < -0.39 is 0 Å². The van der Waals surface area contributed by atoms with Crippen LogP contribution in [-0.2, 0) is 11.2 Å². The molecule has 0 saturated heterocycles. The SMILES string of the molecule is O=C1C(Cc2ccccc2)c2ccccc2N1c1cc(Cl)cc(Cl)c1. The quantitative estimate of drug-likeness (QED) is 0.555. The van der Waals surface area contributed by atoms with Crippen LogP contribution in [0.5, 0.6) is 0 Å². The molecule has 1 aliphatic heterocycles. The summed E-state index contributed by atoms with van der Waals surface area (Å²) in [5.74, 6) is -0.167. The van der Waals surface area contributed by atoms with Crippen molar-refractivity contribution >= 4 is 40.5 Å². The number of anilines is 2. The van der Waals surface area contributed by atoms with Gasteiger partial charge in [0.05, 0.1) is 17.3 Å². The summed E-state index contributed by atoms with van der Waals surface area (Å²) < 4.78 is 0. The fourth-order valence-electron chi connectivity index (χ4n) is 3.38. The van der Waals surface area contributed by atoms with Crippen molar-refractivity contribution in [3.63, 3.8) is 0 Å². The summed E-state index contributed by atoms with van der Waals surface area (Å²) >= 11 is 12.3. The highest BCUT2D eigenvalue weighted by Gasteiger charge is 2.37.